The summed E-state index contributed by atoms with van der Waals surface area (Å²) in [6, 6.07) is 1.81. The fraction of sp³-hybridized carbons (Fsp3) is 0.636. The van der Waals surface area contributed by atoms with Crippen LogP contribution in [0.25, 0.3) is 0 Å². The molecular formula is C11H19N5O2S. The van der Waals surface area contributed by atoms with Gasteiger partial charge in [-0.15, -0.1) is 0 Å². The monoisotopic (exact) mass is 285 g/mol. The molecule has 2 rings (SSSR count). The van der Waals surface area contributed by atoms with Crippen molar-refractivity contribution in [2.24, 2.45) is 0 Å². The van der Waals surface area contributed by atoms with Crippen molar-refractivity contribution in [1.82, 2.24) is 14.7 Å². The maximum absolute atomic E-state index is 11.3. The number of piperidine rings is 1. The molecule has 0 bridgehead atoms. The SMILES string of the molecule is CNc1cc(N2CCCC(NS(C)(=O)=O)C2)ncn1. The average molecular weight is 285 g/mol. The van der Waals surface area contributed by atoms with Gasteiger partial charge in [0.05, 0.1) is 6.26 Å². The van der Waals surface area contributed by atoms with E-state index in [2.05, 4.69) is 24.9 Å². The molecule has 106 valence electrons. The molecule has 1 unspecified atom stereocenters. The zero-order valence-electron chi connectivity index (χ0n) is 11.1. The first-order valence-electron chi connectivity index (χ1n) is 6.20. The highest BCUT2D eigenvalue weighted by atomic mass is 32.2. The molecule has 1 atom stereocenters. The van der Waals surface area contributed by atoms with Crippen LogP contribution in [0, 0.1) is 0 Å². The van der Waals surface area contributed by atoms with Crippen LogP contribution in [0.4, 0.5) is 11.6 Å². The Morgan fingerprint density at radius 2 is 2.21 bits per heavy atom. The molecule has 1 aliphatic rings. The van der Waals surface area contributed by atoms with Crippen LogP contribution < -0.4 is 14.9 Å². The standard InChI is InChI=1S/C11H19N5O2S/c1-12-10-6-11(14-8-13-10)16-5-3-4-9(7-16)15-19(2,17)18/h6,8-9,15H,3-5,7H2,1-2H3,(H,12,13,14). The van der Waals surface area contributed by atoms with Crippen LogP contribution in [0.5, 0.6) is 0 Å². The van der Waals surface area contributed by atoms with Gasteiger partial charge in [0, 0.05) is 32.2 Å². The van der Waals surface area contributed by atoms with E-state index in [1.165, 1.54) is 12.6 Å². The van der Waals surface area contributed by atoms with E-state index in [0.29, 0.717) is 6.54 Å². The molecule has 0 saturated carbocycles. The van der Waals surface area contributed by atoms with Gasteiger partial charge in [0.2, 0.25) is 10.0 Å². The number of hydrogen-bond acceptors (Lipinski definition) is 6. The van der Waals surface area contributed by atoms with Crippen molar-refractivity contribution in [3.8, 4) is 0 Å². The molecule has 8 heteroatoms. The summed E-state index contributed by atoms with van der Waals surface area (Å²) in [6.45, 7) is 1.51. The zero-order chi connectivity index (χ0) is 13.9. The molecule has 0 spiro atoms. The number of rotatable bonds is 4. The molecule has 0 amide bonds. The predicted molar refractivity (Wildman–Crippen MR) is 74.8 cm³/mol. The molecule has 1 fully saturated rings. The highest BCUT2D eigenvalue weighted by molar-refractivity contribution is 7.88. The second-order valence-corrected chi connectivity index (χ2v) is 6.47. The van der Waals surface area contributed by atoms with Crippen molar-refractivity contribution in [3.63, 3.8) is 0 Å². The highest BCUT2D eigenvalue weighted by Gasteiger charge is 2.23. The lowest BCUT2D eigenvalue weighted by atomic mass is 10.1. The lowest BCUT2D eigenvalue weighted by Gasteiger charge is -2.33. The third-order valence-electron chi connectivity index (χ3n) is 3.03. The first kappa shape index (κ1) is 14.0. The van der Waals surface area contributed by atoms with Crippen LogP contribution in [0.2, 0.25) is 0 Å². The minimum absolute atomic E-state index is 0.0586. The first-order chi connectivity index (χ1) is 8.98. The van der Waals surface area contributed by atoms with Crippen LogP contribution in [0.3, 0.4) is 0 Å². The topological polar surface area (TPSA) is 87.2 Å². The van der Waals surface area contributed by atoms with E-state index < -0.39 is 10.0 Å². The summed E-state index contributed by atoms with van der Waals surface area (Å²) < 4.78 is 25.2. The van der Waals surface area contributed by atoms with Crippen molar-refractivity contribution < 1.29 is 8.42 Å². The number of nitrogens with zero attached hydrogens (tertiary/aromatic N) is 3. The number of anilines is 2. The Morgan fingerprint density at radius 3 is 2.89 bits per heavy atom. The Hall–Kier alpha value is -1.41. The normalized spacial score (nSPS) is 20.3. The van der Waals surface area contributed by atoms with Crippen molar-refractivity contribution in [2.75, 3.05) is 36.6 Å². The summed E-state index contributed by atoms with van der Waals surface area (Å²) in [5.41, 5.74) is 0. The lowest BCUT2D eigenvalue weighted by molar-refractivity contribution is 0.465. The van der Waals surface area contributed by atoms with E-state index in [1.54, 1.807) is 7.05 Å². The van der Waals surface area contributed by atoms with E-state index in [1.807, 2.05) is 6.07 Å². The highest BCUT2D eigenvalue weighted by Crippen LogP contribution is 2.19. The third-order valence-corrected chi connectivity index (χ3v) is 3.80. The van der Waals surface area contributed by atoms with Gasteiger partial charge in [-0.1, -0.05) is 0 Å². The Morgan fingerprint density at radius 1 is 1.42 bits per heavy atom. The molecule has 0 radical (unpaired) electrons. The third kappa shape index (κ3) is 4.03. The molecule has 1 aromatic heterocycles. The Labute approximate surface area is 113 Å². The minimum atomic E-state index is -3.16. The van der Waals surface area contributed by atoms with Gasteiger partial charge in [-0.3, -0.25) is 0 Å². The molecule has 19 heavy (non-hydrogen) atoms. The summed E-state index contributed by atoms with van der Waals surface area (Å²) in [5.74, 6) is 1.57. The molecule has 7 nitrogen and oxygen atoms in total. The number of nitrogens with one attached hydrogen (secondary N) is 2. The van der Waals surface area contributed by atoms with Crippen LogP contribution in [0.15, 0.2) is 12.4 Å². The van der Waals surface area contributed by atoms with E-state index in [9.17, 15) is 8.42 Å². The second kappa shape index (κ2) is 5.70. The van der Waals surface area contributed by atoms with Gasteiger partial charge in [-0.05, 0) is 12.8 Å². The van der Waals surface area contributed by atoms with Crippen LogP contribution in [0.1, 0.15) is 12.8 Å². The van der Waals surface area contributed by atoms with Gasteiger partial charge in [0.1, 0.15) is 18.0 Å². The van der Waals surface area contributed by atoms with Crippen molar-refractivity contribution in [3.05, 3.63) is 12.4 Å². The largest absolute Gasteiger partial charge is 0.373 e. The summed E-state index contributed by atoms with van der Waals surface area (Å²) in [5, 5.41) is 2.97. The Kier molecular flexibility index (Phi) is 4.20. The molecule has 2 N–H and O–H groups in total. The number of aromatic nitrogens is 2. The van der Waals surface area contributed by atoms with Gasteiger partial charge in [0.25, 0.3) is 0 Å². The van der Waals surface area contributed by atoms with Crippen LogP contribution in [-0.2, 0) is 10.0 Å². The number of hydrogen-bond donors (Lipinski definition) is 2. The Balaban J connectivity index is 2.08. The summed E-state index contributed by atoms with van der Waals surface area (Å²) >= 11 is 0. The minimum Gasteiger partial charge on any atom is -0.373 e. The van der Waals surface area contributed by atoms with E-state index in [4.69, 9.17) is 0 Å². The predicted octanol–water partition coefficient (Wildman–Crippen LogP) is 0.0363. The molecular weight excluding hydrogens is 266 g/mol. The van der Waals surface area contributed by atoms with Crippen molar-refractivity contribution in [1.29, 1.82) is 0 Å². The van der Waals surface area contributed by atoms with Crippen LogP contribution >= 0.6 is 0 Å². The maximum Gasteiger partial charge on any atom is 0.209 e. The molecule has 1 aromatic rings. The maximum atomic E-state index is 11.3. The van der Waals surface area contributed by atoms with Gasteiger partial charge < -0.3 is 10.2 Å². The Bertz CT molecular complexity index is 534. The first-order valence-corrected chi connectivity index (χ1v) is 8.09. The second-order valence-electron chi connectivity index (χ2n) is 4.69. The molecule has 0 aliphatic carbocycles. The van der Waals surface area contributed by atoms with Gasteiger partial charge in [-0.2, -0.15) is 0 Å². The summed E-state index contributed by atoms with van der Waals surface area (Å²) in [4.78, 5) is 10.4. The van der Waals surface area contributed by atoms with E-state index >= 15 is 0 Å². The molecule has 0 aromatic carbocycles. The lowest BCUT2D eigenvalue weighted by Crippen LogP contribution is -2.47. The van der Waals surface area contributed by atoms with E-state index in [0.717, 1.165) is 31.0 Å². The fourth-order valence-electron chi connectivity index (χ4n) is 2.24. The molecule has 1 saturated heterocycles. The van der Waals surface area contributed by atoms with Crippen LogP contribution in [-0.4, -0.2) is 50.8 Å². The van der Waals surface area contributed by atoms with Gasteiger partial charge in [-0.25, -0.2) is 23.1 Å². The zero-order valence-corrected chi connectivity index (χ0v) is 11.9. The smallest absolute Gasteiger partial charge is 0.209 e. The molecule has 1 aliphatic heterocycles. The summed E-state index contributed by atoms with van der Waals surface area (Å²) in [6.07, 6.45) is 4.49. The number of sulfonamides is 1. The quantitative estimate of drug-likeness (QED) is 0.812. The van der Waals surface area contributed by atoms with E-state index in [-0.39, 0.29) is 6.04 Å². The fourth-order valence-corrected chi connectivity index (χ4v) is 3.04. The molecule has 2 heterocycles. The summed E-state index contributed by atoms with van der Waals surface area (Å²) in [7, 11) is -1.36. The van der Waals surface area contributed by atoms with Crippen molar-refractivity contribution >= 4 is 21.7 Å². The van der Waals surface area contributed by atoms with Gasteiger partial charge >= 0.3 is 0 Å². The van der Waals surface area contributed by atoms with Crippen molar-refractivity contribution in [2.45, 2.75) is 18.9 Å². The average Bonchev–Trinajstić information content (AvgIpc) is 2.37. The van der Waals surface area contributed by atoms with Gasteiger partial charge in [0.15, 0.2) is 0 Å².